The maximum atomic E-state index is 12.6. The van der Waals surface area contributed by atoms with Crippen molar-refractivity contribution in [2.45, 2.75) is 13.8 Å². The first-order valence-corrected chi connectivity index (χ1v) is 8.39. The fraction of sp³-hybridized carbons (Fsp3) is 0.300. The van der Waals surface area contributed by atoms with Crippen LogP contribution in [-0.4, -0.2) is 43.9 Å². The third-order valence-corrected chi connectivity index (χ3v) is 3.71. The molecule has 0 aliphatic rings. The minimum Gasteiger partial charge on any atom is -0.491 e. The molecule has 0 aliphatic heterocycles. The number of nitrogens with one attached hydrogen (secondary N) is 1. The minimum absolute atomic E-state index is 0.278. The zero-order valence-electron chi connectivity index (χ0n) is 15.6. The van der Waals surface area contributed by atoms with E-state index in [0.717, 1.165) is 0 Å². The quantitative estimate of drug-likeness (QED) is 0.656. The number of hydrogen-bond acceptors (Lipinski definition) is 5. The predicted octanol–water partition coefficient (Wildman–Crippen LogP) is 3.04. The smallest absolute Gasteiger partial charge is 0.341 e. The number of ether oxygens (including phenoxy) is 3. The molecule has 144 valence electrons. The van der Waals surface area contributed by atoms with Crippen molar-refractivity contribution in [3.05, 3.63) is 53.1 Å². The van der Waals surface area contributed by atoms with E-state index in [1.807, 2.05) is 0 Å². The van der Waals surface area contributed by atoms with Crippen molar-refractivity contribution in [2.75, 3.05) is 32.2 Å². The minimum atomic E-state index is -1.05. The Morgan fingerprint density at radius 1 is 1.04 bits per heavy atom. The van der Waals surface area contributed by atoms with Crippen LogP contribution in [0.25, 0.3) is 0 Å². The molecule has 0 fully saturated rings. The Morgan fingerprint density at radius 2 is 1.74 bits per heavy atom. The summed E-state index contributed by atoms with van der Waals surface area (Å²) in [6.45, 7) is 4.01. The van der Waals surface area contributed by atoms with E-state index in [2.05, 4.69) is 5.32 Å². The second-order valence-electron chi connectivity index (χ2n) is 5.94. The molecule has 0 bridgehead atoms. The van der Waals surface area contributed by atoms with Crippen molar-refractivity contribution in [3.63, 3.8) is 0 Å². The number of carbonyl (C=O) groups excluding carboxylic acids is 1. The Bertz CT molecular complexity index is 795. The Labute approximate surface area is 157 Å². The molecule has 0 heterocycles. The monoisotopic (exact) mass is 373 g/mol. The van der Waals surface area contributed by atoms with Gasteiger partial charge in [-0.1, -0.05) is 6.07 Å². The van der Waals surface area contributed by atoms with Gasteiger partial charge in [-0.3, -0.25) is 4.79 Å². The lowest BCUT2D eigenvalue weighted by molar-refractivity contribution is -0.139. The zero-order chi connectivity index (χ0) is 19.8. The molecule has 0 aliphatic carbocycles. The summed E-state index contributed by atoms with van der Waals surface area (Å²) in [6, 6.07) is 10.4. The lowest BCUT2D eigenvalue weighted by Gasteiger charge is -2.13. The summed E-state index contributed by atoms with van der Waals surface area (Å²) >= 11 is 0. The van der Waals surface area contributed by atoms with Crippen LogP contribution in [0.15, 0.2) is 36.4 Å². The van der Waals surface area contributed by atoms with Gasteiger partial charge in [0.05, 0.1) is 6.61 Å². The molecular formula is C20H23NO6. The highest BCUT2D eigenvalue weighted by molar-refractivity contribution is 6.04. The zero-order valence-corrected chi connectivity index (χ0v) is 15.6. The van der Waals surface area contributed by atoms with Crippen molar-refractivity contribution < 1.29 is 28.9 Å². The molecule has 0 spiro atoms. The van der Waals surface area contributed by atoms with E-state index >= 15 is 0 Å². The van der Waals surface area contributed by atoms with Crippen LogP contribution in [0.2, 0.25) is 0 Å². The van der Waals surface area contributed by atoms with Gasteiger partial charge in [-0.2, -0.15) is 0 Å². The van der Waals surface area contributed by atoms with E-state index in [0.29, 0.717) is 47.1 Å². The van der Waals surface area contributed by atoms with E-state index in [9.17, 15) is 9.59 Å². The number of amides is 1. The van der Waals surface area contributed by atoms with Gasteiger partial charge in [-0.25, -0.2) is 4.79 Å². The number of benzene rings is 2. The molecule has 0 aromatic heterocycles. The van der Waals surface area contributed by atoms with Crippen LogP contribution >= 0.6 is 0 Å². The molecule has 2 rings (SSSR count). The highest BCUT2D eigenvalue weighted by Gasteiger charge is 2.13. The number of carbonyl (C=O) groups is 2. The first-order valence-electron chi connectivity index (χ1n) is 8.39. The third-order valence-electron chi connectivity index (χ3n) is 3.71. The van der Waals surface area contributed by atoms with E-state index in [1.54, 1.807) is 57.4 Å². The van der Waals surface area contributed by atoms with Crippen molar-refractivity contribution in [1.82, 2.24) is 0 Å². The highest BCUT2D eigenvalue weighted by Crippen LogP contribution is 2.26. The van der Waals surface area contributed by atoms with Gasteiger partial charge in [0.2, 0.25) is 0 Å². The number of aryl methyl sites for hydroxylation is 2. The van der Waals surface area contributed by atoms with Crippen LogP contribution in [-0.2, 0) is 9.53 Å². The maximum Gasteiger partial charge on any atom is 0.341 e. The molecule has 27 heavy (non-hydrogen) atoms. The fourth-order valence-corrected chi connectivity index (χ4v) is 2.55. The van der Waals surface area contributed by atoms with Gasteiger partial charge in [-0.05, 0) is 49.2 Å². The molecule has 1 amide bonds. The molecule has 2 aromatic rings. The van der Waals surface area contributed by atoms with Crippen LogP contribution in [0.4, 0.5) is 5.69 Å². The average Bonchev–Trinajstić information content (AvgIpc) is 2.61. The second-order valence-corrected chi connectivity index (χ2v) is 5.94. The van der Waals surface area contributed by atoms with Gasteiger partial charge in [0, 0.05) is 24.4 Å². The van der Waals surface area contributed by atoms with Gasteiger partial charge in [0.15, 0.2) is 6.61 Å². The molecule has 0 saturated carbocycles. The number of anilines is 1. The Hall–Kier alpha value is -3.06. The first-order chi connectivity index (χ1) is 12.9. The average molecular weight is 373 g/mol. The second kappa shape index (κ2) is 9.59. The molecule has 0 radical (unpaired) electrons. The van der Waals surface area contributed by atoms with E-state index in [4.69, 9.17) is 19.3 Å². The van der Waals surface area contributed by atoms with Crippen LogP contribution in [0, 0.1) is 13.8 Å². The normalized spacial score (nSPS) is 10.3. The third kappa shape index (κ3) is 6.00. The van der Waals surface area contributed by atoms with E-state index in [1.165, 1.54) is 0 Å². The molecule has 0 unspecified atom stereocenters. The molecule has 2 N–H and O–H groups in total. The molecule has 7 heteroatoms. The number of methoxy groups -OCH3 is 1. The lowest BCUT2D eigenvalue weighted by Crippen LogP contribution is -2.14. The van der Waals surface area contributed by atoms with E-state index in [-0.39, 0.29) is 5.91 Å². The summed E-state index contributed by atoms with van der Waals surface area (Å²) in [5, 5.41) is 11.6. The molecule has 0 atom stereocenters. The van der Waals surface area contributed by atoms with Crippen LogP contribution in [0.3, 0.4) is 0 Å². The molecule has 0 saturated heterocycles. The van der Waals surface area contributed by atoms with E-state index < -0.39 is 12.6 Å². The summed E-state index contributed by atoms with van der Waals surface area (Å²) in [5.74, 6) is -0.222. The Balaban J connectivity index is 2.09. The van der Waals surface area contributed by atoms with Gasteiger partial charge >= 0.3 is 5.97 Å². The van der Waals surface area contributed by atoms with Gasteiger partial charge < -0.3 is 24.6 Å². The summed E-state index contributed by atoms with van der Waals surface area (Å²) in [5.41, 5.74) is 2.45. The maximum absolute atomic E-state index is 12.6. The van der Waals surface area contributed by atoms with Gasteiger partial charge in [0.1, 0.15) is 18.1 Å². The number of hydrogen-bond donors (Lipinski definition) is 2. The standard InChI is InChI=1S/C20H23NO6/c1-13-9-15(10-14(2)19(13)27-12-18(22)23)20(24)21-16-5-4-6-17(11-16)26-8-7-25-3/h4-6,9-11H,7-8,12H2,1-3H3,(H,21,24)(H,22,23). The Kier molecular flexibility index (Phi) is 7.19. The topological polar surface area (TPSA) is 94.1 Å². The lowest BCUT2D eigenvalue weighted by atomic mass is 10.0. The predicted molar refractivity (Wildman–Crippen MR) is 101 cm³/mol. The SMILES string of the molecule is COCCOc1cccc(NC(=O)c2cc(C)c(OCC(=O)O)c(C)c2)c1. The van der Waals surface area contributed by atoms with Crippen molar-refractivity contribution >= 4 is 17.6 Å². The van der Waals surface area contributed by atoms with Crippen LogP contribution < -0.4 is 14.8 Å². The Morgan fingerprint density at radius 3 is 2.37 bits per heavy atom. The molecular weight excluding hydrogens is 350 g/mol. The number of aliphatic carboxylic acids is 1. The number of carboxylic acids is 1. The number of carboxylic acid groups (broad SMARTS) is 1. The summed E-state index contributed by atoms with van der Waals surface area (Å²) in [6.07, 6.45) is 0. The summed E-state index contributed by atoms with van der Waals surface area (Å²) < 4.78 is 15.8. The molecule has 2 aromatic carbocycles. The first kappa shape index (κ1) is 20.3. The highest BCUT2D eigenvalue weighted by atomic mass is 16.5. The van der Waals surface area contributed by atoms with Gasteiger partial charge in [0.25, 0.3) is 5.91 Å². The van der Waals surface area contributed by atoms with Crippen LogP contribution in [0.1, 0.15) is 21.5 Å². The summed E-state index contributed by atoms with van der Waals surface area (Å²) in [4.78, 5) is 23.2. The number of rotatable bonds is 9. The van der Waals surface area contributed by atoms with Crippen molar-refractivity contribution in [3.8, 4) is 11.5 Å². The van der Waals surface area contributed by atoms with Crippen LogP contribution in [0.5, 0.6) is 11.5 Å². The molecule has 7 nitrogen and oxygen atoms in total. The van der Waals surface area contributed by atoms with Crippen molar-refractivity contribution in [1.29, 1.82) is 0 Å². The van der Waals surface area contributed by atoms with Crippen molar-refractivity contribution in [2.24, 2.45) is 0 Å². The van der Waals surface area contributed by atoms with Gasteiger partial charge in [-0.15, -0.1) is 0 Å². The fourth-order valence-electron chi connectivity index (χ4n) is 2.55. The summed E-state index contributed by atoms with van der Waals surface area (Å²) in [7, 11) is 1.60. The largest absolute Gasteiger partial charge is 0.491 e.